The van der Waals surface area contributed by atoms with Gasteiger partial charge in [-0.1, -0.05) is 5.21 Å². The second kappa shape index (κ2) is 5.72. The molecule has 1 amide bonds. The quantitative estimate of drug-likeness (QED) is 0.772. The fraction of sp³-hybridized carbons (Fsp3) is 0.800. The third-order valence-corrected chi connectivity index (χ3v) is 2.84. The highest BCUT2D eigenvalue weighted by atomic mass is 16.5. The number of hydrogen-bond donors (Lipinski definition) is 2. The van der Waals surface area contributed by atoms with Crippen LogP contribution in [-0.4, -0.2) is 39.2 Å². The van der Waals surface area contributed by atoms with E-state index in [4.69, 9.17) is 4.74 Å². The minimum Gasteiger partial charge on any atom is -0.378 e. The lowest BCUT2D eigenvalue weighted by molar-refractivity contribution is -0.122. The summed E-state index contributed by atoms with van der Waals surface area (Å²) >= 11 is 0. The van der Waals surface area contributed by atoms with Gasteiger partial charge in [0.15, 0.2) is 5.82 Å². The molecule has 7 heteroatoms. The number of nitrogens with one attached hydrogen (secondary N) is 2. The van der Waals surface area contributed by atoms with Gasteiger partial charge in [-0.3, -0.25) is 4.79 Å². The Morgan fingerprint density at radius 1 is 1.71 bits per heavy atom. The van der Waals surface area contributed by atoms with E-state index in [1.165, 1.54) is 0 Å². The van der Waals surface area contributed by atoms with Gasteiger partial charge >= 0.3 is 0 Å². The second-order valence-corrected chi connectivity index (χ2v) is 4.23. The molecule has 1 aliphatic heterocycles. The minimum absolute atomic E-state index is 0.00204. The van der Waals surface area contributed by atoms with Crippen molar-refractivity contribution in [1.29, 1.82) is 0 Å². The number of aromatic nitrogens is 4. The number of H-pyrrole nitrogens is 1. The maximum Gasteiger partial charge on any atom is 0.220 e. The van der Waals surface area contributed by atoms with E-state index in [2.05, 4.69) is 25.9 Å². The number of nitrogens with zero attached hydrogens (tertiary/aromatic N) is 3. The minimum atomic E-state index is -0.217. The van der Waals surface area contributed by atoms with Gasteiger partial charge in [-0.05, 0) is 26.2 Å². The van der Waals surface area contributed by atoms with Crippen LogP contribution in [0.2, 0.25) is 0 Å². The molecule has 0 radical (unpaired) electrons. The molecule has 1 aromatic rings. The van der Waals surface area contributed by atoms with Crippen LogP contribution >= 0.6 is 0 Å². The van der Waals surface area contributed by atoms with Gasteiger partial charge in [-0.2, -0.15) is 5.21 Å². The zero-order chi connectivity index (χ0) is 12.1. The number of aromatic amines is 1. The number of tetrazole rings is 1. The van der Waals surface area contributed by atoms with Crippen LogP contribution < -0.4 is 5.32 Å². The topological polar surface area (TPSA) is 92.8 Å². The van der Waals surface area contributed by atoms with Crippen LogP contribution in [0.5, 0.6) is 0 Å². The Morgan fingerprint density at radius 2 is 2.59 bits per heavy atom. The predicted molar refractivity (Wildman–Crippen MR) is 58.9 cm³/mol. The number of hydrogen-bond acceptors (Lipinski definition) is 5. The Kier molecular flexibility index (Phi) is 4.03. The molecule has 2 unspecified atom stereocenters. The molecule has 0 spiro atoms. The molecule has 17 heavy (non-hydrogen) atoms. The lowest BCUT2D eigenvalue weighted by atomic mass is 10.1. The maximum atomic E-state index is 11.7. The molecule has 1 saturated heterocycles. The van der Waals surface area contributed by atoms with Gasteiger partial charge in [0.25, 0.3) is 0 Å². The Hall–Kier alpha value is -1.50. The van der Waals surface area contributed by atoms with Crippen molar-refractivity contribution < 1.29 is 9.53 Å². The van der Waals surface area contributed by atoms with E-state index in [-0.39, 0.29) is 18.1 Å². The monoisotopic (exact) mass is 239 g/mol. The molecular weight excluding hydrogens is 222 g/mol. The summed E-state index contributed by atoms with van der Waals surface area (Å²) < 4.78 is 5.46. The normalized spacial score (nSPS) is 21.4. The Bertz CT molecular complexity index is 348. The maximum absolute atomic E-state index is 11.7. The van der Waals surface area contributed by atoms with Crippen molar-refractivity contribution in [3.05, 3.63) is 5.82 Å². The highest BCUT2D eigenvalue weighted by Crippen LogP contribution is 2.16. The summed E-state index contributed by atoms with van der Waals surface area (Å²) in [4.78, 5) is 11.7. The Morgan fingerprint density at radius 3 is 3.24 bits per heavy atom. The third kappa shape index (κ3) is 3.48. The van der Waals surface area contributed by atoms with E-state index in [1.54, 1.807) is 0 Å². The number of amides is 1. The molecule has 0 aromatic carbocycles. The molecular formula is C10H17N5O2. The van der Waals surface area contributed by atoms with Gasteiger partial charge in [-0.25, -0.2) is 0 Å². The van der Waals surface area contributed by atoms with Crippen LogP contribution in [0, 0.1) is 0 Å². The number of ether oxygens (including phenoxy) is 1. The number of carbonyl (C=O) groups excluding carboxylic acids is 1. The molecule has 0 saturated carbocycles. The summed E-state index contributed by atoms with van der Waals surface area (Å²) in [5, 5.41) is 16.3. The summed E-state index contributed by atoms with van der Waals surface area (Å²) in [6, 6.07) is -0.217. The van der Waals surface area contributed by atoms with Gasteiger partial charge in [-0.15, -0.1) is 10.2 Å². The average Bonchev–Trinajstić information content (AvgIpc) is 2.99. The SMILES string of the molecule is CC(NC(=O)CCC1CCCO1)c1nn[nH]n1. The van der Waals surface area contributed by atoms with Crippen molar-refractivity contribution in [2.45, 2.75) is 44.8 Å². The van der Waals surface area contributed by atoms with Crippen molar-refractivity contribution >= 4 is 5.91 Å². The molecule has 94 valence electrons. The summed E-state index contributed by atoms with van der Waals surface area (Å²) in [5.74, 6) is 0.494. The van der Waals surface area contributed by atoms with Crippen LogP contribution in [0.15, 0.2) is 0 Å². The molecule has 0 bridgehead atoms. The lowest BCUT2D eigenvalue weighted by Crippen LogP contribution is -2.28. The second-order valence-electron chi connectivity index (χ2n) is 4.23. The van der Waals surface area contributed by atoms with Crippen molar-refractivity contribution in [3.63, 3.8) is 0 Å². The predicted octanol–water partition coefficient (Wildman–Crippen LogP) is 0.336. The van der Waals surface area contributed by atoms with Gasteiger partial charge in [0.1, 0.15) is 0 Å². The van der Waals surface area contributed by atoms with E-state index >= 15 is 0 Å². The van der Waals surface area contributed by atoms with Crippen LogP contribution in [-0.2, 0) is 9.53 Å². The molecule has 7 nitrogen and oxygen atoms in total. The Labute approximate surface area is 99.3 Å². The van der Waals surface area contributed by atoms with Crippen LogP contribution in [0.4, 0.5) is 0 Å². The van der Waals surface area contributed by atoms with Crippen LogP contribution in [0.1, 0.15) is 44.5 Å². The van der Waals surface area contributed by atoms with Crippen LogP contribution in [0.25, 0.3) is 0 Å². The van der Waals surface area contributed by atoms with Crippen LogP contribution in [0.3, 0.4) is 0 Å². The lowest BCUT2D eigenvalue weighted by Gasteiger charge is -2.12. The third-order valence-electron chi connectivity index (χ3n) is 2.84. The average molecular weight is 239 g/mol. The van der Waals surface area contributed by atoms with Crippen molar-refractivity contribution in [1.82, 2.24) is 25.9 Å². The zero-order valence-corrected chi connectivity index (χ0v) is 9.85. The van der Waals surface area contributed by atoms with E-state index < -0.39 is 0 Å². The number of rotatable bonds is 5. The van der Waals surface area contributed by atoms with Gasteiger partial charge < -0.3 is 10.1 Å². The van der Waals surface area contributed by atoms with E-state index in [9.17, 15) is 4.79 Å². The van der Waals surface area contributed by atoms with Crippen molar-refractivity contribution in [2.24, 2.45) is 0 Å². The first-order chi connectivity index (χ1) is 8.25. The highest BCUT2D eigenvalue weighted by Gasteiger charge is 2.18. The number of carbonyl (C=O) groups is 1. The Balaban J connectivity index is 1.69. The summed E-state index contributed by atoms with van der Waals surface area (Å²) in [7, 11) is 0. The first-order valence-corrected chi connectivity index (χ1v) is 5.90. The molecule has 1 aromatic heterocycles. The van der Waals surface area contributed by atoms with Gasteiger partial charge in [0, 0.05) is 13.0 Å². The van der Waals surface area contributed by atoms with Crippen molar-refractivity contribution in [2.75, 3.05) is 6.61 Å². The largest absolute Gasteiger partial charge is 0.378 e. The molecule has 0 aliphatic carbocycles. The van der Waals surface area contributed by atoms with E-state index in [0.29, 0.717) is 12.2 Å². The van der Waals surface area contributed by atoms with E-state index in [1.807, 2.05) is 6.92 Å². The molecule has 2 rings (SSSR count). The summed E-state index contributed by atoms with van der Waals surface area (Å²) in [5.41, 5.74) is 0. The molecule has 1 aliphatic rings. The smallest absolute Gasteiger partial charge is 0.220 e. The molecule has 2 atom stereocenters. The highest BCUT2D eigenvalue weighted by molar-refractivity contribution is 5.76. The molecule has 2 heterocycles. The molecule has 2 N–H and O–H groups in total. The first-order valence-electron chi connectivity index (χ1n) is 5.90. The standard InChI is InChI=1S/C10H17N5O2/c1-7(10-12-14-15-13-10)11-9(16)5-4-8-3-2-6-17-8/h7-8H,2-6H2,1H3,(H,11,16)(H,12,13,14,15). The summed E-state index contributed by atoms with van der Waals surface area (Å²) in [6.07, 6.45) is 3.68. The summed E-state index contributed by atoms with van der Waals surface area (Å²) in [6.45, 7) is 2.65. The van der Waals surface area contributed by atoms with Gasteiger partial charge in [0.2, 0.25) is 5.91 Å². The fourth-order valence-electron chi connectivity index (χ4n) is 1.90. The van der Waals surface area contributed by atoms with E-state index in [0.717, 1.165) is 25.9 Å². The zero-order valence-electron chi connectivity index (χ0n) is 9.85. The molecule has 1 fully saturated rings. The fourth-order valence-corrected chi connectivity index (χ4v) is 1.90. The van der Waals surface area contributed by atoms with Crippen molar-refractivity contribution in [3.8, 4) is 0 Å². The first kappa shape index (κ1) is 12.0. The van der Waals surface area contributed by atoms with Gasteiger partial charge in [0.05, 0.1) is 12.1 Å².